The second-order valence-corrected chi connectivity index (χ2v) is 4.85. The predicted molar refractivity (Wildman–Crippen MR) is 66.8 cm³/mol. The van der Waals surface area contributed by atoms with Crippen LogP contribution in [0.5, 0.6) is 0 Å². The normalized spacial score (nSPS) is 28.7. The maximum absolute atomic E-state index is 11.5. The van der Waals surface area contributed by atoms with Gasteiger partial charge in [0.05, 0.1) is 11.8 Å². The van der Waals surface area contributed by atoms with Gasteiger partial charge in [0.1, 0.15) is 5.69 Å². The summed E-state index contributed by atoms with van der Waals surface area (Å²) in [7, 11) is 0. The van der Waals surface area contributed by atoms with E-state index >= 15 is 0 Å². The van der Waals surface area contributed by atoms with Crippen LogP contribution in [0.3, 0.4) is 0 Å². The average molecular weight is 254 g/mol. The van der Waals surface area contributed by atoms with Gasteiger partial charge in [-0.1, -0.05) is 0 Å². The van der Waals surface area contributed by atoms with Gasteiger partial charge in [-0.05, 0) is 25.2 Å². The van der Waals surface area contributed by atoms with Crippen LogP contribution in [0.15, 0.2) is 4.79 Å². The molecule has 1 aromatic heterocycles. The van der Waals surface area contributed by atoms with Crippen molar-refractivity contribution >= 4 is 11.6 Å². The number of aromatic amines is 1. The monoisotopic (exact) mass is 254 g/mol. The lowest BCUT2D eigenvalue weighted by Crippen LogP contribution is -2.44. The van der Waals surface area contributed by atoms with Gasteiger partial charge < -0.3 is 21.7 Å². The molecule has 0 spiro atoms. The maximum atomic E-state index is 11.5. The van der Waals surface area contributed by atoms with Crippen LogP contribution in [0.1, 0.15) is 25.0 Å². The largest absolute Gasteiger partial charge is 0.396 e. The molecule has 0 bridgehead atoms. The third-order valence-electron chi connectivity index (χ3n) is 3.71. The molecular weight excluding hydrogens is 236 g/mol. The lowest BCUT2D eigenvalue weighted by atomic mass is 9.61. The molecule has 0 saturated heterocycles. The Morgan fingerprint density at radius 3 is 2.78 bits per heavy atom. The zero-order chi connectivity index (χ0) is 13.4. The first-order chi connectivity index (χ1) is 8.45. The number of nitrogens with zero attached hydrogens (tertiary/aromatic N) is 1. The number of nitrogens with two attached hydrogens (primary N) is 2. The molecule has 0 radical (unpaired) electrons. The summed E-state index contributed by atoms with van der Waals surface area (Å²) in [5.41, 5.74) is 11.2. The molecule has 0 aromatic carbocycles. The highest BCUT2D eigenvalue weighted by atomic mass is 16.3. The van der Waals surface area contributed by atoms with Gasteiger partial charge in [-0.25, -0.2) is 4.98 Å². The fourth-order valence-electron chi connectivity index (χ4n) is 2.79. The van der Waals surface area contributed by atoms with Crippen LogP contribution >= 0.6 is 0 Å². The second kappa shape index (κ2) is 4.58. The lowest BCUT2D eigenvalue weighted by Gasteiger charge is -2.45. The quantitative estimate of drug-likeness (QED) is 0.470. The summed E-state index contributed by atoms with van der Waals surface area (Å²) in [5.74, 6) is -0.254. The number of aromatic nitrogens is 2. The number of rotatable bonds is 3. The number of hydrogen-bond acceptors (Lipinski definition) is 6. The van der Waals surface area contributed by atoms with Gasteiger partial charge in [0, 0.05) is 12.5 Å². The minimum Gasteiger partial charge on any atom is -0.396 e. The van der Waals surface area contributed by atoms with Gasteiger partial charge >= 0.3 is 0 Å². The lowest BCUT2D eigenvalue weighted by molar-refractivity contribution is -0.0242. The standard InChI is InChI=1S/C11H18N4O3/c1-4(17)7-5(3-16)2-6(7)9-8(12)10(18)15-11(13)14-9/h4-7,16-17H,2-3,12H2,1H3,(H3,13,14,15,18)/t4?,5-,6-,7-/m1/s1. The molecule has 0 aliphatic heterocycles. The topological polar surface area (TPSA) is 138 Å². The third kappa shape index (κ3) is 1.95. The molecule has 2 rings (SSSR count). The van der Waals surface area contributed by atoms with Gasteiger partial charge in [0.15, 0.2) is 0 Å². The third-order valence-corrected chi connectivity index (χ3v) is 3.71. The van der Waals surface area contributed by atoms with Crippen LogP contribution in [0.25, 0.3) is 0 Å². The second-order valence-electron chi connectivity index (χ2n) is 4.85. The summed E-state index contributed by atoms with van der Waals surface area (Å²) >= 11 is 0. The van der Waals surface area contributed by atoms with Crippen molar-refractivity contribution in [2.45, 2.75) is 25.4 Å². The Balaban J connectivity index is 2.36. The molecule has 7 N–H and O–H groups in total. The summed E-state index contributed by atoms with van der Waals surface area (Å²) < 4.78 is 0. The first-order valence-corrected chi connectivity index (χ1v) is 5.89. The fraction of sp³-hybridized carbons (Fsp3) is 0.636. The minimum atomic E-state index is -0.595. The summed E-state index contributed by atoms with van der Waals surface area (Å²) in [4.78, 5) is 17.9. The number of aliphatic hydroxyl groups excluding tert-OH is 2. The summed E-state index contributed by atoms with van der Waals surface area (Å²) in [6, 6.07) is 0. The molecule has 1 unspecified atom stereocenters. The number of aliphatic hydroxyl groups is 2. The van der Waals surface area contributed by atoms with Crippen molar-refractivity contribution in [1.29, 1.82) is 0 Å². The van der Waals surface area contributed by atoms with Crippen molar-refractivity contribution in [2.75, 3.05) is 18.1 Å². The zero-order valence-electron chi connectivity index (χ0n) is 10.1. The molecule has 1 aromatic rings. The van der Waals surface area contributed by atoms with Crippen LogP contribution in [-0.4, -0.2) is 32.9 Å². The van der Waals surface area contributed by atoms with Crippen molar-refractivity contribution in [3.63, 3.8) is 0 Å². The predicted octanol–water partition coefficient (Wildman–Crippen LogP) is -0.973. The Morgan fingerprint density at radius 2 is 2.22 bits per heavy atom. The molecule has 4 atom stereocenters. The van der Waals surface area contributed by atoms with E-state index in [-0.39, 0.29) is 36.0 Å². The Kier molecular flexibility index (Phi) is 3.27. The Bertz CT molecular complexity index is 500. The number of nitrogen functional groups attached to an aromatic ring is 2. The highest BCUT2D eigenvalue weighted by Gasteiger charge is 2.45. The molecule has 1 aliphatic rings. The van der Waals surface area contributed by atoms with E-state index in [1.807, 2.05) is 0 Å². The van der Waals surface area contributed by atoms with Crippen molar-refractivity contribution in [3.8, 4) is 0 Å². The Morgan fingerprint density at radius 1 is 1.56 bits per heavy atom. The van der Waals surface area contributed by atoms with E-state index in [0.29, 0.717) is 12.1 Å². The van der Waals surface area contributed by atoms with Gasteiger partial charge in [0.2, 0.25) is 5.95 Å². The van der Waals surface area contributed by atoms with Crippen LogP contribution in [-0.2, 0) is 0 Å². The van der Waals surface area contributed by atoms with E-state index in [4.69, 9.17) is 11.5 Å². The van der Waals surface area contributed by atoms with Crippen LogP contribution in [0.2, 0.25) is 0 Å². The van der Waals surface area contributed by atoms with E-state index in [1.165, 1.54) is 0 Å². The van der Waals surface area contributed by atoms with Crippen LogP contribution in [0.4, 0.5) is 11.6 Å². The highest BCUT2D eigenvalue weighted by molar-refractivity contribution is 5.46. The molecule has 7 heteroatoms. The SMILES string of the molecule is CC(O)[C@@H]1[C@@H](CO)C[C@H]1c1nc(N)[nH]c(=O)c1N. The maximum Gasteiger partial charge on any atom is 0.275 e. The van der Waals surface area contributed by atoms with E-state index in [9.17, 15) is 15.0 Å². The number of nitrogens with one attached hydrogen (secondary N) is 1. The molecule has 100 valence electrons. The first-order valence-electron chi connectivity index (χ1n) is 5.89. The molecule has 1 fully saturated rings. The van der Waals surface area contributed by atoms with Gasteiger partial charge in [-0.3, -0.25) is 9.78 Å². The number of hydrogen-bond donors (Lipinski definition) is 5. The molecule has 0 amide bonds. The molecule has 7 nitrogen and oxygen atoms in total. The first kappa shape index (κ1) is 12.8. The van der Waals surface area contributed by atoms with Crippen molar-refractivity contribution in [2.24, 2.45) is 11.8 Å². The fourth-order valence-corrected chi connectivity index (χ4v) is 2.79. The zero-order valence-corrected chi connectivity index (χ0v) is 10.1. The van der Waals surface area contributed by atoms with E-state index < -0.39 is 11.7 Å². The Hall–Kier alpha value is -1.60. The molecule has 1 heterocycles. The van der Waals surface area contributed by atoms with Gasteiger partial charge in [-0.15, -0.1) is 0 Å². The summed E-state index contributed by atoms with van der Waals surface area (Å²) in [6.07, 6.45) is 0.0502. The van der Waals surface area contributed by atoms with Crippen LogP contribution in [0, 0.1) is 11.8 Å². The van der Waals surface area contributed by atoms with E-state index in [0.717, 1.165) is 0 Å². The summed E-state index contributed by atoms with van der Waals surface area (Å²) in [5, 5.41) is 18.9. The van der Waals surface area contributed by atoms with Crippen LogP contribution < -0.4 is 17.0 Å². The summed E-state index contributed by atoms with van der Waals surface area (Å²) in [6.45, 7) is 1.66. The van der Waals surface area contributed by atoms with Gasteiger partial charge in [0.25, 0.3) is 5.56 Å². The van der Waals surface area contributed by atoms with E-state index in [2.05, 4.69) is 9.97 Å². The van der Waals surface area contributed by atoms with Crippen molar-refractivity contribution in [1.82, 2.24) is 9.97 Å². The average Bonchev–Trinajstić information content (AvgIpc) is 2.23. The molecular formula is C11H18N4O3. The minimum absolute atomic E-state index is 0.00461. The number of H-pyrrole nitrogens is 1. The Labute approximate surface area is 104 Å². The van der Waals surface area contributed by atoms with E-state index in [1.54, 1.807) is 6.92 Å². The van der Waals surface area contributed by atoms with Crippen molar-refractivity contribution < 1.29 is 10.2 Å². The van der Waals surface area contributed by atoms with Gasteiger partial charge in [-0.2, -0.15) is 0 Å². The molecule has 18 heavy (non-hydrogen) atoms. The van der Waals surface area contributed by atoms with Crippen molar-refractivity contribution in [3.05, 3.63) is 16.0 Å². The molecule has 1 aliphatic carbocycles. The highest BCUT2D eigenvalue weighted by Crippen LogP contribution is 2.49. The molecule has 1 saturated carbocycles. The number of anilines is 2. The smallest absolute Gasteiger partial charge is 0.275 e.